The molecule has 1 N–H and O–H groups in total. The van der Waals surface area contributed by atoms with Gasteiger partial charge in [-0.25, -0.2) is 14.5 Å². The zero-order valence-corrected chi connectivity index (χ0v) is 12.0. The fourth-order valence-corrected chi connectivity index (χ4v) is 2.73. The molecule has 20 heavy (non-hydrogen) atoms. The number of carboxylic acids is 1. The molecule has 0 aromatic carbocycles. The van der Waals surface area contributed by atoms with Gasteiger partial charge in [0, 0.05) is 5.69 Å². The topological polar surface area (TPSA) is 68.0 Å². The predicted molar refractivity (Wildman–Crippen MR) is 74.8 cm³/mol. The first kappa shape index (κ1) is 13.1. The Balaban J connectivity index is 2.27. The molecule has 0 fully saturated rings. The Bertz CT molecular complexity index is 722. The maximum Gasteiger partial charge on any atom is 0.339 e. The molecular formula is C14H14ClN3O2. The number of fused-ring (bicyclic) bond motifs is 1. The number of hydrogen-bond acceptors (Lipinski definition) is 3. The molecular weight excluding hydrogens is 278 g/mol. The zero-order chi connectivity index (χ0) is 14.4. The van der Waals surface area contributed by atoms with Gasteiger partial charge >= 0.3 is 5.97 Å². The lowest BCUT2D eigenvalue weighted by Crippen LogP contribution is -2.12. The molecule has 0 saturated carbocycles. The first-order valence-corrected chi connectivity index (χ1v) is 6.85. The third-order valence-electron chi connectivity index (χ3n) is 3.66. The SMILES string of the molecule is Cc1nn(-c2nc3c(cc2C(=O)O)CCC3)c(C)c1Cl. The van der Waals surface area contributed by atoms with E-state index in [-0.39, 0.29) is 5.56 Å². The van der Waals surface area contributed by atoms with Crippen molar-refractivity contribution in [2.75, 3.05) is 0 Å². The predicted octanol–water partition coefficient (Wildman–Crippen LogP) is 2.72. The second kappa shape index (κ2) is 4.59. The van der Waals surface area contributed by atoms with Crippen LogP contribution in [0.5, 0.6) is 0 Å². The number of nitrogens with zero attached hydrogens (tertiary/aromatic N) is 3. The highest BCUT2D eigenvalue weighted by Crippen LogP contribution is 2.27. The molecule has 0 bridgehead atoms. The van der Waals surface area contributed by atoms with E-state index in [2.05, 4.69) is 10.1 Å². The van der Waals surface area contributed by atoms with E-state index >= 15 is 0 Å². The van der Waals surface area contributed by atoms with Crippen LogP contribution in [0.2, 0.25) is 5.02 Å². The summed E-state index contributed by atoms with van der Waals surface area (Å²) in [5.74, 6) is -0.642. The van der Waals surface area contributed by atoms with E-state index in [9.17, 15) is 9.90 Å². The largest absolute Gasteiger partial charge is 0.478 e. The molecule has 0 saturated heterocycles. The van der Waals surface area contributed by atoms with Crippen LogP contribution in [0.15, 0.2) is 6.07 Å². The van der Waals surface area contributed by atoms with Crippen molar-refractivity contribution in [3.8, 4) is 5.82 Å². The zero-order valence-electron chi connectivity index (χ0n) is 11.3. The first-order chi connectivity index (χ1) is 9.49. The van der Waals surface area contributed by atoms with Gasteiger partial charge in [-0.2, -0.15) is 5.10 Å². The van der Waals surface area contributed by atoms with Crippen molar-refractivity contribution in [1.82, 2.24) is 14.8 Å². The van der Waals surface area contributed by atoms with Crippen LogP contribution in [0.3, 0.4) is 0 Å². The molecule has 1 aliphatic rings. The second-order valence-corrected chi connectivity index (χ2v) is 5.40. The Labute approximate surface area is 121 Å². The minimum absolute atomic E-state index is 0.174. The van der Waals surface area contributed by atoms with Crippen LogP contribution in [-0.2, 0) is 12.8 Å². The lowest BCUT2D eigenvalue weighted by molar-refractivity contribution is 0.0696. The fraction of sp³-hybridized carbons (Fsp3) is 0.357. The maximum absolute atomic E-state index is 11.5. The summed E-state index contributed by atoms with van der Waals surface area (Å²) in [6.45, 7) is 3.60. The van der Waals surface area contributed by atoms with Crippen molar-refractivity contribution in [3.63, 3.8) is 0 Å². The minimum atomic E-state index is -0.995. The Hall–Kier alpha value is -1.88. The van der Waals surface area contributed by atoms with E-state index in [1.807, 2.05) is 6.92 Å². The van der Waals surface area contributed by atoms with Gasteiger partial charge in [-0.05, 0) is 44.7 Å². The van der Waals surface area contributed by atoms with E-state index < -0.39 is 5.97 Å². The van der Waals surface area contributed by atoms with Crippen molar-refractivity contribution in [1.29, 1.82) is 0 Å². The van der Waals surface area contributed by atoms with E-state index in [1.165, 1.54) is 4.68 Å². The lowest BCUT2D eigenvalue weighted by atomic mass is 10.1. The van der Waals surface area contributed by atoms with Crippen molar-refractivity contribution in [2.45, 2.75) is 33.1 Å². The van der Waals surface area contributed by atoms with Crippen molar-refractivity contribution in [2.24, 2.45) is 0 Å². The Morgan fingerprint density at radius 2 is 2.15 bits per heavy atom. The summed E-state index contributed by atoms with van der Waals surface area (Å²) in [6.07, 6.45) is 2.79. The number of halogens is 1. The monoisotopic (exact) mass is 291 g/mol. The van der Waals surface area contributed by atoms with Gasteiger partial charge < -0.3 is 5.11 Å². The molecule has 0 amide bonds. The van der Waals surface area contributed by atoms with Crippen LogP contribution in [0, 0.1) is 13.8 Å². The number of pyridine rings is 1. The number of carboxylic acid groups (broad SMARTS) is 1. The molecule has 0 aliphatic heterocycles. The van der Waals surface area contributed by atoms with E-state index in [4.69, 9.17) is 11.6 Å². The molecule has 0 atom stereocenters. The highest BCUT2D eigenvalue weighted by molar-refractivity contribution is 6.31. The lowest BCUT2D eigenvalue weighted by Gasteiger charge is -2.10. The van der Waals surface area contributed by atoms with Crippen LogP contribution >= 0.6 is 11.6 Å². The summed E-state index contributed by atoms with van der Waals surface area (Å²) in [5.41, 5.74) is 3.54. The van der Waals surface area contributed by atoms with E-state index in [0.717, 1.165) is 30.5 Å². The molecule has 0 radical (unpaired) electrons. The molecule has 2 aromatic heterocycles. The summed E-state index contributed by atoms with van der Waals surface area (Å²) in [6, 6.07) is 1.72. The van der Waals surface area contributed by atoms with Crippen LogP contribution in [0.4, 0.5) is 0 Å². The number of rotatable bonds is 2. The number of carbonyl (C=O) groups is 1. The smallest absolute Gasteiger partial charge is 0.339 e. The number of aryl methyl sites for hydroxylation is 3. The molecule has 5 nitrogen and oxygen atoms in total. The molecule has 2 heterocycles. The maximum atomic E-state index is 11.5. The van der Waals surface area contributed by atoms with Crippen molar-refractivity contribution >= 4 is 17.6 Å². The van der Waals surface area contributed by atoms with Gasteiger partial charge in [0.15, 0.2) is 5.82 Å². The molecule has 3 rings (SSSR count). The minimum Gasteiger partial charge on any atom is -0.478 e. The van der Waals surface area contributed by atoms with Gasteiger partial charge in [0.25, 0.3) is 0 Å². The summed E-state index contributed by atoms with van der Waals surface area (Å²) in [5, 5.41) is 14.3. The van der Waals surface area contributed by atoms with Crippen LogP contribution in [0.1, 0.15) is 39.4 Å². The number of aromatic nitrogens is 3. The highest BCUT2D eigenvalue weighted by atomic mass is 35.5. The average Bonchev–Trinajstić information content (AvgIpc) is 2.97. The third kappa shape index (κ3) is 1.89. The summed E-state index contributed by atoms with van der Waals surface area (Å²) < 4.78 is 1.53. The quantitative estimate of drug-likeness (QED) is 0.924. The highest BCUT2D eigenvalue weighted by Gasteiger charge is 2.23. The molecule has 0 spiro atoms. The van der Waals surface area contributed by atoms with E-state index in [1.54, 1.807) is 13.0 Å². The summed E-state index contributed by atoms with van der Waals surface area (Å²) in [7, 11) is 0. The summed E-state index contributed by atoms with van der Waals surface area (Å²) >= 11 is 6.14. The van der Waals surface area contributed by atoms with Crippen LogP contribution in [-0.4, -0.2) is 25.8 Å². The second-order valence-electron chi connectivity index (χ2n) is 5.02. The Morgan fingerprint density at radius 3 is 2.75 bits per heavy atom. The number of aromatic carboxylic acids is 1. The molecule has 0 unspecified atom stereocenters. The molecule has 2 aromatic rings. The van der Waals surface area contributed by atoms with Gasteiger partial charge in [0.05, 0.1) is 16.4 Å². The fourth-order valence-electron chi connectivity index (χ4n) is 2.61. The van der Waals surface area contributed by atoms with Gasteiger partial charge in [0.2, 0.25) is 0 Å². The normalized spacial score (nSPS) is 13.6. The average molecular weight is 292 g/mol. The molecule has 6 heteroatoms. The van der Waals surface area contributed by atoms with E-state index in [0.29, 0.717) is 22.2 Å². The van der Waals surface area contributed by atoms with Gasteiger partial charge in [-0.1, -0.05) is 11.6 Å². The van der Waals surface area contributed by atoms with Crippen molar-refractivity contribution in [3.05, 3.63) is 39.3 Å². The first-order valence-electron chi connectivity index (χ1n) is 6.47. The standard InChI is InChI=1S/C14H14ClN3O2/c1-7-12(15)8(2)18(17-7)13-10(14(19)20)6-9-4-3-5-11(9)16-13/h6H,3-5H2,1-2H3,(H,19,20). The van der Waals surface area contributed by atoms with Crippen LogP contribution in [0.25, 0.3) is 5.82 Å². The van der Waals surface area contributed by atoms with Gasteiger partial charge in [0.1, 0.15) is 5.56 Å². The molecule has 104 valence electrons. The van der Waals surface area contributed by atoms with Gasteiger partial charge in [-0.15, -0.1) is 0 Å². The van der Waals surface area contributed by atoms with Gasteiger partial charge in [-0.3, -0.25) is 0 Å². The Kier molecular flexibility index (Phi) is 3.01. The number of hydrogen-bond donors (Lipinski definition) is 1. The molecule has 1 aliphatic carbocycles. The Morgan fingerprint density at radius 1 is 1.40 bits per heavy atom. The van der Waals surface area contributed by atoms with Crippen LogP contribution < -0.4 is 0 Å². The van der Waals surface area contributed by atoms with Crippen molar-refractivity contribution < 1.29 is 9.90 Å². The summed E-state index contributed by atoms with van der Waals surface area (Å²) in [4.78, 5) is 16.0. The third-order valence-corrected chi connectivity index (χ3v) is 4.21.